The molecule has 7 heteroatoms. The number of nitrogens with zero attached hydrogens (tertiary/aromatic N) is 1. The molecule has 0 aliphatic carbocycles. The zero-order valence-electron chi connectivity index (χ0n) is 12.6. The summed E-state index contributed by atoms with van der Waals surface area (Å²) in [7, 11) is -4.04. The Morgan fingerprint density at radius 2 is 1.90 bits per heavy atom. The van der Waals surface area contributed by atoms with Gasteiger partial charge in [-0.2, -0.15) is 4.31 Å². The van der Waals surface area contributed by atoms with Gasteiger partial charge in [-0.25, -0.2) is 17.2 Å². The van der Waals surface area contributed by atoms with E-state index >= 15 is 0 Å². The summed E-state index contributed by atoms with van der Waals surface area (Å²) in [5.41, 5.74) is 4.49. The van der Waals surface area contributed by atoms with E-state index in [1.165, 1.54) is 4.31 Å². The maximum Gasteiger partial charge on any atom is 0.246 e. The first kappa shape index (κ1) is 17.8. The number of hydrogen-bond donors (Lipinski definition) is 1. The Labute approximate surface area is 125 Å². The van der Waals surface area contributed by atoms with Crippen molar-refractivity contribution < 1.29 is 17.2 Å². The molecule has 0 amide bonds. The summed E-state index contributed by atoms with van der Waals surface area (Å²) in [6, 6.07) is 1.53. The second-order valence-corrected chi connectivity index (χ2v) is 6.86. The highest BCUT2D eigenvalue weighted by molar-refractivity contribution is 7.89. The molecule has 0 radical (unpaired) electrons. The van der Waals surface area contributed by atoms with Gasteiger partial charge in [-0.05, 0) is 31.9 Å². The van der Waals surface area contributed by atoms with Crippen molar-refractivity contribution in [1.82, 2.24) is 4.31 Å². The van der Waals surface area contributed by atoms with Gasteiger partial charge in [0.1, 0.15) is 16.4 Å². The minimum absolute atomic E-state index is 0.271. The van der Waals surface area contributed by atoms with Gasteiger partial charge in [0.05, 0.1) is 0 Å². The van der Waals surface area contributed by atoms with Crippen molar-refractivity contribution in [2.24, 2.45) is 0 Å². The van der Waals surface area contributed by atoms with Gasteiger partial charge in [-0.1, -0.05) is 20.3 Å². The van der Waals surface area contributed by atoms with Crippen LogP contribution in [0.25, 0.3) is 0 Å². The lowest BCUT2D eigenvalue weighted by molar-refractivity contribution is 0.322. The van der Waals surface area contributed by atoms with Crippen molar-refractivity contribution >= 4 is 15.7 Å². The molecule has 0 aromatic heterocycles. The second-order valence-electron chi connectivity index (χ2n) is 5.00. The molecule has 1 aromatic carbocycles. The van der Waals surface area contributed by atoms with Crippen LogP contribution >= 0.6 is 0 Å². The lowest BCUT2D eigenvalue weighted by Gasteiger charge is -2.28. The Hall–Kier alpha value is -1.21. The Kier molecular flexibility index (Phi) is 6.10. The first-order valence-electron chi connectivity index (χ1n) is 7.02. The van der Waals surface area contributed by atoms with E-state index in [1.807, 2.05) is 13.8 Å². The number of rotatable bonds is 7. The van der Waals surface area contributed by atoms with Crippen LogP contribution in [0.3, 0.4) is 0 Å². The van der Waals surface area contributed by atoms with Gasteiger partial charge >= 0.3 is 0 Å². The van der Waals surface area contributed by atoms with Gasteiger partial charge in [-0.3, -0.25) is 0 Å². The molecule has 1 unspecified atom stereocenters. The first-order chi connectivity index (χ1) is 9.77. The number of sulfonamides is 1. The summed E-state index contributed by atoms with van der Waals surface area (Å²) >= 11 is 0. The number of anilines is 1. The molecule has 0 aliphatic heterocycles. The Morgan fingerprint density at radius 1 is 1.29 bits per heavy atom. The van der Waals surface area contributed by atoms with Gasteiger partial charge in [-0.15, -0.1) is 0 Å². The average molecular weight is 320 g/mol. The van der Waals surface area contributed by atoms with Crippen molar-refractivity contribution in [2.45, 2.75) is 51.0 Å². The van der Waals surface area contributed by atoms with Crippen molar-refractivity contribution in [3.63, 3.8) is 0 Å². The number of benzene rings is 1. The van der Waals surface area contributed by atoms with Gasteiger partial charge in [0.2, 0.25) is 10.0 Å². The van der Waals surface area contributed by atoms with E-state index in [4.69, 9.17) is 5.73 Å². The first-order valence-corrected chi connectivity index (χ1v) is 8.46. The number of nitrogens with two attached hydrogens (primary N) is 1. The zero-order valence-corrected chi connectivity index (χ0v) is 13.4. The third-order valence-corrected chi connectivity index (χ3v) is 5.52. The fourth-order valence-electron chi connectivity index (χ4n) is 1.97. The topological polar surface area (TPSA) is 63.4 Å². The monoisotopic (exact) mass is 320 g/mol. The molecule has 120 valence electrons. The molecule has 1 atom stereocenters. The molecule has 0 bridgehead atoms. The molecule has 0 heterocycles. The molecule has 1 aromatic rings. The zero-order chi connectivity index (χ0) is 16.2. The summed E-state index contributed by atoms with van der Waals surface area (Å²) in [5, 5.41) is 0. The van der Waals surface area contributed by atoms with Crippen LogP contribution in [0.15, 0.2) is 17.0 Å². The minimum atomic E-state index is -4.04. The van der Waals surface area contributed by atoms with Crippen molar-refractivity contribution in [3.05, 3.63) is 23.8 Å². The van der Waals surface area contributed by atoms with Crippen LogP contribution in [0.4, 0.5) is 14.5 Å². The van der Waals surface area contributed by atoms with Crippen LogP contribution in [0.5, 0.6) is 0 Å². The smallest absolute Gasteiger partial charge is 0.246 e. The molecule has 1 rings (SSSR count). The number of nitrogen functional groups attached to an aromatic ring is 1. The lowest BCUT2D eigenvalue weighted by atomic mass is 10.2. The fraction of sp³-hybridized carbons (Fsp3) is 0.571. The van der Waals surface area contributed by atoms with E-state index in [9.17, 15) is 17.2 Å². The number of halogens is 2. The van der Waals surface area contributed by atoms with Crippen LogP contribution in [-0.4, -0.2) is 25.3 Å². The molecule has 0 spiro atoms. The number of unbranched alkanes of at least 4 members (excludes halogenated alkanes) is 1. The molecule has 0 fully saturated rings. The summed E-state index contributed by atoms with van der Waals surface area (Å²) in [5.74, 6) is -2.19. The predicted molar refractivity (Wildman–Crippen MR) is 79.3 cm³/mol. The molecule has 2 N–H and O–H groups in total. The molecule has 4 nitrogen and oxygen atoms in total. The maximum atomic E-state index is 14.0. The van der Waals surface area contributed by atoms with Crippen LogP contribution in [-0.2, 0) is 10.0 Å². The SMILES string of the molecule is CCCCN(C(C)CC)S(=O)(=O)c1ccc(F)c(N)c1F. The Bertz CT molecular complexity index is 591. The number of hydrogen-bond acceptors (Lipinski definition) is 3. The van der Waals surface area contributed by atoms with Crippen molar-refractivity contribution in [3.8, 4) is 0 Å². The highest BCUT2D eigenvalue weighted by Gasteiger charge is 2.31. The van der Waals surface area contributed by atoms with E-state index in [1.54, 1.807) is 6.92 Å². The summed E-state index contributed by atoms with van der Waals surface area (Å²) in [6.07, 6.45) is 2.08. The van der Waals surface area contributed by atoms with Gasteiger partial charge < -0.3 is 5.73 Å². The molecular weight excluding hydrogens is 298 g/mol. The Balaban J connectivity index is 3.32. The van der Waals surface area contributed by atoms with Crippen LogP contribution in [0.2, 0.25) is 0 Å². The third kappa shape index (κ3) is 3.71. The molecule has 0 aliphatic rings. The second kappa shape index (κ2) is 7.17. The van der Waals surface area contributed by atoms with Gasteiger partial charge in [0.25, 0.3) is 0 Å². The highest BCUT2D eigenvalue weighted by Crippen LogP contribution is 2.27. The van der Waals surface area contributed by atoms with E-state index in [0.29, 0.717) is 19.4 Å². The molecule has 21 heavy (non-hydrogen) atoms. The maximum absolute atomic E-state index is 14.0. The van der Waals surface area contributed by atoms with Gasteiger partial charge in [0.15, 0.2) is 5.82 Å². The quantitative estimate of drug-likeness (QED) is 0.785. The summed E-state index contributed by atoms with van der Waals surface area (Å²) in [4.78, 5) is -0.571. The summed E-state index contributed by atoms with van der Waals surface area (Å²) < 4.78 is 53.8. The lowest BCUT2D eigenvalue weighted by Crippen LogP contribution is -2.39. The van der Waals surface area contributed by atoms with Crippen LogP contribution < -0.4 is 5.73 Å². The van der Waals surface area contributed by atoms with E-state index < -0.39 is 32.2 Å². The standard InChI is InChI=1S/C14H22F2N2O2S/c1-4-6-9-18(10(3)5-2)21(19,20)12-8-7-11(15)14(17)13(12)16/h7-8,10H,4-6,9,17H2,1-3H3. The van der Waals surface area contributed by atoms with Crippen molar-refractivity contribution in [1.29, 1.82) is 0 Å². The van der Waals surface area contributed by atoms with E-state index in [-0.39, 0.29) is 6.04 Å². The van der Waals surface area contributed by atoms with Crippen molar-refractivity contribution in [2.75, 3.05) is 12.3 Å². The predicted octanol–water partition coefficient (Wildman–Crippen LogP) is 3.14. The van der Waals surface area contributed by atoms with E-state index in [0.717, 1.165) is 18.6 Å². The summed E-state index contributed by atoms with van der Waals surface area (Å²) in [6.45, 7) is 5.86. The Morgan fingerprint density at radius 3 is 2.43 bits per heavy atom. The largest absolute Gasteiger partial charge is 0.394 e. The third-order valence-electron chi connectivity index (χ3n) is 3.49. The van der Waals surface area contributed by atoms with Crippen LogP contribution in [0.1, 0.15) is 40.0 Å². The molecule has 0 saturated carbocycles. The highest BCUT2D eigenvalue weighted by atomic mass is 32.2. The average Bonchev–Trinajstić information content (AvgIpc) is 2.44. The molecule has 0 saturated heterocycles. The fourth-order valence-corrected chi connectivity index (χ4v) is 3.79. The molecular formula is C14H22F2N2O2S. The van der Waals surface area contributed by atoms with Gasteiger partial charge in [0, 0.05) is 12.6 Å². The minimum Gasteiger partial charge on any atom is -0.394 e. The van der Waals surface area contributed by atoms with E-state index in [2.05, 4.69) is 0 Å². The van der Waals surface area contributed by atoms with Crippen LogP contribution in [0, 0.1) is 11.6 Å². The normalized spacial score (nSPS) is 13.6.